The Morgan fingerprint density at radius 1 is 1.23 bits per heavy atom. The zero-order chi connectivity index (χ0) is 21.5. The average Bonchev–Trinajstić information content (AvgIpc) is 3.22. The second-order valence-electron chi connectivity index (χ2n) is 7.16. The molecule has 4 atom stereocenters. The maximum absolute atomic E-state index is 12.9. The summed E-state index contributed by atoms with van der Waals surface area (Å²) in [5.74, 6) is -0.366. The van der Waals surface area contributed by atoms with E-state index in [1.54, 1.807) is 30.3 Å². The van der Waals surface area contributed by atoms with Gasteiger partial charge >= 0.3 is 5.97 Å². The fourth-order valence-corrected chi connectivity index (χ4v) is 5.29. The standard InChI is InChI=1S/C20H21NO8S/c1-27-11-5-7-12(8-6-11)30(25,26)21-19-14(22)9-16-18(19)13-3-2-4-15(20(13)29-16)28-10-17(23)24/h2-8,14,16,18-19,21-22H,9-10H2,1H3,(H,23,24). The van der Waals surface area contributed by atoms with Crippen molar-refractivity contribution in [1.29, 1.82) is 0 Å². The van der Waals surface area contributed by atoms with E-state index in [9.17, 15) is 18.3 Å². The van der Waals surface area contributed by atoms with Crippen LogP contribution in [0.5, 0.6) is 17.2 Å². The van der Waals surface area contributed by atoms with Crippen molar-refractivity contribution in [2.75, 3.05) is 13.7 Å². The monoisotopic (exact) mass is 435 g/mol. The van der Waals surface area contributed by atoms with Crippen LogP contribution in [-0.2, 0) is 14.8 Å². The molecule has 1 heterocycles. The molecular weight excluding hydrogens is 414 g/mol. The number of carbonyl (C=O) groups is 1. The summed E-state index contributed by atoms with van der Waals surface area (Å²) in [4.78, 5) is 10.9. The van der Waals surface area contributed by atoms with E-state index in [0.717, 1.165) is 0 Å². The van der Waals surface area contributed by atoms with Gasteiger partial charge in [-0.25, -0.2) is 17.9 Å². The predicted octanol–water partition coefficient (Wildman–Crippen LogP) is 1.11. The number of sulfonamides is 1. The molecule has 160 valence electrons. The zero-order valence-electron chi connectivity index (χ0n) is 16.0. The van der Waals surface area contributed by atoms with Crippen molar-refractivity contribution >= 4 is 16.0 Å². The van der Waals surface area contributed by atoms with Crippen LogP contribution < -0.4 is 18.9 Å². The Labute approximate surface area is 173 Å². The number of rotatable bonds is 7. The molecule has 1 fully saturated rings. The number of benzene rings is 2. The number of aliphatic hydroxyl groups is 1. The highest BCUT2D eigenvalue weighted by Gasteiger charge is 2.51. The second-order valence-corrected chi connectivity index (χ2v) is 8.88. The van der Waals surface area contributed by atoms with Gasteiger partial charge in [0.25, 0.3) is 0 Å². The second kappa shape index (κ2) is 7.78. The van der Waals surface area contributed by atoms with Crippen LogP contribution in [0.2, 0.25) is 0 Å². The van der Waals surface area contributed by atoms with E-state index in [2.05, 4.69) is 4.72 Å². The first kappa shape index (κ1) is 20.5. The van der Waals surface area contributed by atoms with Gasteiger partial charge in [0.05, 0.1) is 24.2 Å². The smallest absolute Gasteiger partial charge is 0.341 e. The van der Waals surface area contributed by atoms with Crippen LogP contribution in [0.3, 0.4) is 0 Å². The van der Waals surface area contributed by atoms with Crippen molar-refractivity contribution in [1.82, 2.24) is 4.72 Å². The number of fused-ring (bicyclic) bond motifs is 3. The number of methoxy groups -OCH3 is 1. The van der Waals surface area contributed by atoms with E-state index in [1.807, 2.05) is 0 Å². The quantitative estimate of drug-likeness (QED) is 0.590. The molecule has 0 aromatic heterocycles. The topological polar surface area (TPSA) is 131 Å². The number of aliphatic carboxylic acids is 1. The third-order valence-electron chi connectivity index (χ3n) is 5.33. The van der Waals surface area contributed by atoms with E-state index in [1.165, 1.54) is 19.2 Å². The lowest BCUT2D eigenvalue weighted by Gasteiger charge is -2.22. The van der Waals surface area contributed by atoms with Crippen LogP contribution in [0, 0.1) is 0 Å². The minimum atomic E-state index is -3.90. The van der Waals surface area contributed by atoms with Gasteiger partial charge in [0.2, 0.25) is 10.0 Å². The van der Waals surface area contributed by atoms with Crippen LogP contribution in [0.1, 0.15) is 17.9 Å². The van der Waals surface area contributed by atoms with E-state index >= 15 is 0 Å². The Morgan fingerprint density at radius 3 is 2.63 bits per heavy atom. The molecule has 0 radical (unpaired) electrons. The molecule has 0 amide bonds. The van der Waals surface area contributed by atoms with Crippen molar-refractivity contribution in [3.8, 4) is 17.2 Å². The summed E-state index contributed by atoms with van der Waals surface area (Å²) in [6, 6.07) is 10.2. The van der Waals surface area contributed by atoms with Crippen molar-refractivity contribution < 1.29 is 37.6 Å². The van der Waals surface area contributed by atoms with Gasteiger partial charge in [0, 0.05) is 17.9 Å². The number of para-hydroxylation sites is 1. The molecule has 0 saturated heterocycles. The first-order valence-electron chi connectivity index (χ1n) is 9.29. The Kier molecular flexibility index (Phi) is 5.31. The van der Waals surface area contributed by atoms with Crippen molar-refractivity contribution in [3.63, 3.8) is 0 Å². The Hall–Kier alpha value is -2.82. The highest BCUT2D eigenvalue weighted by molar-refractivity contribution is 7.89. The van der Waals surface area contributed by atoms with E-state index in [0.29, 0.717) is 17.1 Å². The summed E-state index contributed by atoms with van der Waals surface area (Å²) in [5.41, 5.74) is 0.668. The third kappa shape index (κ3) is 3.69. The SMILES string of the molecule is COc1ccc(S(=O)(=O)NC2C(O)CC3Oc4c(OCC(=O)O)cccc4C32)cc1. The number of aliphatic hydroxyl groups excluding tert-OH is 1. The third-order valence-corrected chi connectivity index (χ3v) is 6.80. The van der Waals surface area contributed by atoms with Gasteiger partial charge in [-0.05, 0) is 30.3 Å². The maximum Gasteiger partial charge on any atom is 0.341 e. The van der Waals surface area contributed by atoms with Gasteiger partial charge in [-0.1, -0.05) is 12.1 Å². The number of hydrogen-bond donors (Lipinski definition) is 3. The summed E-state index contributed by atoms with van der Waals surface area (Å²) >= 11 is 0. The average molecular weight is 435 g/mol. The molecule has 9 nitrogen and oxygen atoms in total. The van der Waals surface area contributed by atoms with Crippen LogP contribution in [0.15, 0.2) is 47.4 Å². The Bertz CT molecular complexity index is 1050. The van der Waals surface area contributed by atoms with Gasteiger partial charge in [-0.2, -0.15) is 0 Å². The Morgan fingerprint density at radius 2 is 1.97 bits per heavy atom. The highest BCUT2D eigenvalue weighted by Crippen LogP contribution is 2.51. The van der Waals surface area contributed by atoms with Crippen molar-refractivity contribution in [2.45, 2.75) is 35.5 Å². The molecule has 10 heteroatoms. The van der Waals surface area contributed by atoms with Crippen LogP contribution in [0.25, 0.3) is 0 Å². The van der Waals surface area contributed by atoms with Gasteiger partial charge in [0.15, 0.2) is 18.1 Å². The summed E-state index contributed by atoms with van der Waals surface area (Å²) in [7, 11) is -2.42. The summed E-state index contributed by atoms with van der Waals surface area (Å²) in [5, 5.41) is 19.4. The van der Waals surface area contributed by atoms with Crippen LogP contribution >= 0.6 is 0 Å². The molecule has 2 aromatic carbocycles. The first-order valence-corrected chi connectivity index (χ1v) is 10.8. The molecule has 4 unspecified atom stereocenters. The van der Waals surface area contributed by atoms with Gasteiger partial charge < -0.3 is 24.4 Å². The summed E-state index contributed by atoms with van der Waals surface area (Å²) in [6.45, 7) is -0.523. The summed E-state index contributed by atoms with van der Waals surface area (Å²) < 4.78 is 44.6. The lowest BCUT2D eigenvalue weighted by atomic mass is 9.94. The molecule has 3 N–H and O–H groups in total. The normalized spacial score (nSPS) is 24.6. The fraction of sp³-hybridized carbons (Fsp3) is 0.350. The lowest BCUT2D eigenvalue weighted by molar-refractivity contribution is -0.139. The van der Waals surface area contributed by atoms with Gasteiger partial charge in [0.1, 0.15) is 11.9 Å². The van der Waals surface area contributed by atoms with E-state index < -0.39 is 46.8 Å². The number of nitrogens with one attached hydrogen (secondary N) is 1. The molecule has 1 saturated carbocycles. The zero-order valence-corrected chi connectivity index (χ0v) is 16.8. The van der Waals surface area contributed by atoms with E-state index in [4.69, 9.17) is 19.3 Å². The number of carboxylic acid groups (broad SMARTS) is 1. The van der Waals surface area contributed by atoms with Crippen LogP contribution in [-0.4, -0.2) is 56.6 Å². The van der Waals surface area contributed by atoms with Gasteiger partial charge in [-0.15, -0.1) is 0 Å². The molecule has 0 spiro atoms. The lowest BCUT2D eigenvalue weighted by Crippen LogP contribution is -2.43. The molecule has 2 aliphatic rings. The van der Waals surface area contributed by atoms with Crippen molar-refractivity contribution in [3.05, 3.63) is 48.0 Å². The van der Waals surface area contributed by atoms with Crippen LogP contribution in [0.4, 0.5) is 0 Å². The first-order chi connectivity index (χ1) is 14.3. The number of ether oxygens (including phenoxy) is 3. The molecule has 0 bridgehead atoms. The molecule has 2 aromatic rings. The molecular formula is C20H21NO8S. The van der Waals surface area contributed by atoms with Crippen molar-refractivity contribution in [2.24, 2.45) is 0 Å². The predicted molar refractivity (Wildman–Crippen MR) is 104 cm³/mol. The minimum absolute atomic E-state index is 0.0524. The Balaban J connectivity index is 1.60. The highest BCUT2D eigenvalue weighted by atomic mass is 32.2. The molecule has 1 aliphatic carbocycles. The maximum atomic E-state index is 12.9. The minimum Gasteiger partial charge on any atom is -0.497 e. The summed E-state index contributed by atoms with van der Waals surface area (Å²) in [6.07, 6.45) is -1.16. The number of carboxylic acids is 1. The molecule has 1 aliphatic heterocycles. The largest absolute Gasteiger partial charge is 0.497 e. The fourth-order valence-electron chi connectivity index (χ4n) is 4.00. The van der Waals surface area contributed by atoms with Gasteiger partial charge in [-0.3, -0.25) is 0 Å². The number of hydrogen-bond acceptors (Lipinski definition) is 7. The van der Waals surface area contributed by atoms with E-state index in [-0.39, 0.29) is 17.1 Å². The molecule has 30 heavy (non-hydrogen) atoms. The molecule has 4 rings (SSSR count).